The third kappa shape index (κ3) is 3.01. The standard InChI is InChI=1S/C11H9ClN2O2S/c12-9-3-2-8(17-9)7(6-10(15)16)11-13-4-1-5-14-11/h1-5,7H,6H2,(H,15,16). The van der Waals surface area contributed by atoms with E-state index in [1.54, 1.807) is 24.5 Å². The SMILES string of the molecule is O=C(O)CC(c1ncccn1)c1ccc(Cl)s1. The Kier molecular flexibility index (Phi) is 3.71. The van der Waals surface area contributed by atoms with E-state index in [0.29, 0.717) is 10.2 Å². The fourth-order valence-electron chi connectivity index (χ4n) is 1.50. The highest BCUT2D eigenvalue weighted by molar-refractivity contribution is 7.16. The Morgan fingerprint density at radius 2 is 2.12 bits per heavy atom. The first-order valence-corrected chi connectivity index (χ1v) is 6.10. The Labute approximate surface area is 107 Å². The number of carbonyl (C=O) groups is 1. The van der Waals surface area contributed by atoms with Crippen molar-refractivity contribution in [3.05, 3.63) is 45.6 Å². The molecule has 1 unspecified atom stereocenters. The highest BCUT2D eigenvalue weighted by Gasteiger charge is 2.21. The van der Waals surface area contributed by atoms with Crippen LogP contribution in [-0.4, -0.2) is 21.0 Å². The summed E-state index contributed by atoms with van der Waals surface area (Å²) in [5, 5.41) is 8.93. The van der Waals surface area contributed by atoms with Gasteiger partial charge in [-0.2, -0.15) is 0 Å². The van der Waals surface area contributed by atoms with Gasteiger partial charge in [-0.15, -0.1) is 11.3 Å². The van der Waals surface area contributed by atoms with Gasteiger partial charge in [0.05, 0.1) is 16.7 Å². The Bertz CT molecular complexity index is 515. The second kappa shape index (κ2) is 5.25. The van der Waals surface area contributed by atoms with E-state index in [2.05, 4.69) is 9.97 Å². The molecule has 2 aromatic heterocycles. The van der Waals surface area contributed by atoms with Crippen molar-refractivity contribution in [1.29, 1.82) is 0 Å². The first-order valence-electron chi connectivity index (χ1n) is 4.91. The van der Waals surface area contributed by atoms with Crippen LogP contribution in [0, 0.1) is 0 Å². The molecule has 1 atom stereocenters. The molecule has 2 rings (SSSR count). The molecule has 0 aliphatic heterocycles. The van der Waals surface area contributed by atoms with E-state index < -0.39 is 5.97 Å². The molecule has 17 heavy (non-hydrogen) atoms. The second-order valence-electron chi connectivity index (χ2n) is 3.40. The van der Waals surface area contributed by atoms with Crippen LogP contribution >= 0.6 is 22.9 Å². The molecule has 0 aliphatic carbocycles. The summed E-state index contributed by atoms with van der Waals surface area (Å²) in [6.45, 7) is 0. The molecule has 0 saturated heterocycles. The lowest BCUT2D eigenvalue weighted by molar-refractivity contribution is -0.137. The number of aromatic nitrogens is 2. The molecule has 0 bridgehead atoms. The van der Waals surface area contributed by atoms with Crippen LogP contribution < -0.4 is 0 Å². The number of rotatable bonds is 4. The molecule has 0 fully saturated rings. The molecule has 88 valence electrons. The van der Waals surface area contributed by atoms with Crippen LogP contribution in [-0.2, 0) is 4.79 Å². The van der Waals surface area contributed by atoms with Gasteiger partial charge < -0.3 is 5.11 Å². The van der Waals surface area contributed by atoms with Gasteiger partial charge in [0, 0.05) is 17.3 Å². The smallest absolute Gasteiger partial charge is 0.304 e. The molecule has 0 aliphatic rings. The number of carboxylic acid groups (broad SMARTS) is 1. The Balaban J connectivity index is 2.35. The minimum absolute atomic E-state index is 0.0408. The molecular formula is C11H9ClN2O2S. The summed E-state index contributed by atoms with van der Waals surface area (Å²) < 4.78 is 0.631. The molecule has 2 aromatic rings. The van der Waals surface area contributed by atoms with Gasteiger partial charge in [0.2, 0.25) is 0 Å². The van der Waals surface area contributed by atoms with E-state index in [-0.39, 0.29) is 12.3 Å². The average molecular weight is 269 g/mol. The van der Waals surface area contributed by atoms with Gasteiger partial charge in [0.1, 0.15) is 5.82 Å². The highest BCUT2D eigenvalue weighted by atomic mass is 35.5. The fourth-order valence-corrected chi connectivity index (χ4v) is 2.66. The van der Waals surface area contributed by atoms with Crippen LogP contribution in [0.5, 0.6) is 0 Å². The fraction of sp³-hybridized carbons (Fsp3) is 0.182. The van der Waals surface area contributed by atoms with E-state index in [0.717, 1.165) is 4.88 Å². The minimum Gasteiger partial charge on any atom is -0.481 e. The molecule has 2 heterocycles. The number of hydrogen-bond donors (Lipinski definition) is 1. The van der Waals surface area contributed by atoms with Crippen molar-refractivity contribution in [2.75, 3.05) is 0 Å². The predicted octanol–water partition coefficient (Wildman–Crippen LogP) is 2.80. The number of thiophene rings is 1. The van der Waals surface area contributed by atoms with Gasteiger partial charge >= 0.3 is 5.97 Å². The zero-order valence-electron chi connectivity index (χ0n) is 8.71. The summed E-state index contributed by atoms with van der Waals surface area (Å²) in [5.41, 5.74) is 0. The summed E-state index contributed by atoms with van der Waals surface area (Å²) >= 11 is 7.21. The number of halogens is 1. The van der Waals surface area contributed by atoms with E-state index in [1.165, 1.54) is 11.3 Å². The van der Waals surface area contributed by atoms with Gasteiger partial charge in [-0.3, -0.25) is 4.79 Å². The molecular weight excluding hydrogens is 260 g/mol. The molecule has 1 N–H and O–H groups in total. The Morgan fingerprint density at radius 3 is 2.65 bits per heavy atom. The minimum atomic E-state index is -0.882. The van der Waals surface area contributed by atoms with Gasteiger partial charge in [-0.05, 0) is 18.2 Å². The van der Waals surface area contributed by atoms with Crippen LogP contribution in [0.1, 0.15) is 23.0 Å². The maximum absolute atomic E-state index is 10.9. The topological polar surface area (TPSA) is 63.1 Å². The highest BCUT2D eigenvalue weighted by Crippen LogP contribution is 2.33. The Morgan fingerprint density at radius 1 is 1.41 bits per heavy atom. The molecule has 0 saturated carbocycles. The predicted molar refractivity (Wildman–Crippen MR) is 65.5 cm³/mol. The van der Waals surface area contributed by atoms with Crippen molar-refractivity contribution in [2.45, 2.75) is 12.3 Å². The normalized spacial score (nSPS) is 12.3. The molecule has 0 radical (unpaired) electrons. The quantitative estimate of drug-likeness (QED) is 0.926. The van der Waals surface area contributed by atoms with Crippen molar-refractivity contribution in [2.24, 2.45) is 0 Å². The van der Waals surface area contributed by atoms with Crippen LogP contribution in [0.25, 0.3) is 0 Å². The summed E-state index contributed by atoms with van der Waals surface area (Å²) in [6, 6.07) is 5.26. The van der Waals surface area contributed by atoms with Gasteiger partial charge in [-0.1, -0.05) is 11.6 Å². The van der Waals surface area contributed by atoms with Crippen LogP contribution in [0.4, 0.5) is 0 Å². The first kappa shape index (κ1) is 12.0. The van der Waals surface area contributed by atoms with E-state index in [1.807, 2.05) is 6.07 Å². The lowest BCUT2D eigenvalue weighted by Gasteiger charge is -2.10. The zero-order valence-corrected chi connectivity index (χ0v) is 10.3. The van der Waals surface area contributed by atoms with Gasteiger partial charge in [-0.25, -0.2) is 9.97 Å². The van der Waals surface area contributed by atoms with E-state index >= 15 is 0 Å². The summed E-state index contributed by atoms with van der Waals surface area (Å²) in [6.07, 6.45) is 3.17. The molecule has 0 aromatic carbocycles. The number of aliphatic carboxylic acids is 1. The third-order valence-corrected chi connectivity index (χ3v) is 3.56. The molecule has 4 nitrogen and oxygen atoms in total. The van der Waals surface area contributed by atoms with Crippen molar-refractivity contribution in [3.63, 3.8) is 0 Å². The summed E-state index contributed by atoms with van der Waals surface area (Å²) in [7, 11) is 0. The lowest BCUT2D eigenvalue weighted by atomic mass is 10.0. The molecule has 6 heteroatoms. The number of nitrogens with zero attached hydrogens (tertiary/aromatic N) is 2. The van der Waals surface area contributed by atoms with Crippen molar-refractivity contribution in [3.8, 4) is 0 Å². The van der Waals surface area contributed by atoms with E-state index in [4.69, 9.17) is 16.7 Å². The third-order valence-electron chi connectivity index (χ3n) is 2.21. The molecule has 0 spiro atoms. The monoisotopic (exact) mass is 268 g/mol. The van der Waals surface area contributed by atoms with Crippen LogP contribution in [0.15, 0.2) is 30.6 Å². The van der Waals surface area contributed by atoms with Crippen molar-refractivity contribution < 1.29 is 9.90 Å². The lowest BCUT2D eigenvalue weighted by Crippen LogP contribution is -2.09. The first-order chi connectivity index (χ1) is 8.16. The van der Waals surface area contributed by atoms with E-state index in [9.17, 15) is 4.79 Å². The van der Waals surface area contributed by atoms with Crippen LogP contribution in [0.3, 0.4) is 0 Å². The van der Waals surface area contributed by atoms with Crippen molar-refractivity contribution in [1.82, 2.24) is 9.97 Å². The maximum atomic E-state index is 10.9. The second-order valence-corrected chi connectivity index (χ2v) is 5.15. The maximum Gasteiger partial charge on any atom is 0.304 e. The summed E-state index contributed by atoms with van der Waals surface area (Å²) in [4.78, 5) is 20.0. The largest absolute Gasteiger partial charge is 0.481 e. The summed E-state index contributed by atoms with van der Waals surface area (Å²) in [5.74, 6) is -0.716. The average Bonchev–Trinajstić information content (AvgIpc) is 2.73. The zero-order chi connectivity index (χ0) is 12.3. The van der Waals surface area contributed by atoms with Crippen LogP contribution in [0.2, 0.25) is 4.34 Å². The van der Waals surface area contributed by atoms with Crippen molar-refractivity contribution >= 4 is 28.9 Å². The number of hydrogen-bond acceptors (Lipinski definition) is 4. The van der Waals surface area contributed by atoms with Gasteiger partial charge in [0.25, 0.3) is 0 Å². The molecule has 0 amide bonds. The number of carboxylic acids is 1. The Hall–Kier alpha value is -1.46. The van der Waals surface area contributed by atoms with Gasteiger partial charge in [0.15, 0.2) is 0 Å².